The lowest BCUT2D eigenvalue weighted by atomic mass is 9.95. The number of ether oxygens (including phenoxy) is 1. The Bertz CT molecular complexity index is 1460. The fourth-order valence-electron chi connectivity index (χ4n) is 5.21. The third-order valence-corrected chi connectivity index (χ3v) is 6.85. The number of nitrogens with one attached hydrogen (secondary N) is 1. The predicted molar refractivity (Wildman–Crippen MR) is 146 cm³/mol. The SMILES string of the molecule is Cc1cc(C)c(NC(=O)COC(=O)c2c3c(nc4ccccc24)CCN(Cc2ccccc2)C3)c(C)c1. The number of amides is 1. The zero-order chi connectivity index (χ0) is 25.9. The number of hydrogen-bond donors (Lipinski definition) is 1. The van der Waals surface area contributed by atoms with Crippen LogP contribution in [-0.2, 0) is 29.0 Å². The lowest BCUT2D eigenvalue weighted by Crippen LogP contribution is -2.32. The largest absolute Gasteiger partial charge is 0.452 e. The summed E-state index contributed by atoms with van der Waals surface area (Å²) in [5.41, 5.74) is 8.15. The van der Waals surface area contributed by atoms with Crippen molar-refractivity contribution in [2.45, 2.75) is 40.3 Å². The molecule has 0 atom stereocenters. The number of esters is 1. The molecule has 0 saturated carbocycles. The van der Waals surface area contributed by atoms with E-state index >= 15 is 0 Å². The normalized spacial score (nSPS) is 13.3. The zero-order valence-corrected chi connectivity index (χ0v) is 21.5. The molecule has 0 unspecified atom stereocenters. The van der Waals surface area contributed by atoms with Crippen LogP contribution in [-0.4, -0.2) is 34.9 Å². The summed E-state index contributed by atoms with van der Waals surface area (Å²) in [6.07, 6.45) is 0.750. The molecule has 1 aliphatic heterocycles. The molecule has 3 aromatic carbocycles. The standard InChI is InChI=1S/C31H31N3O3/c1-20-15-21(2)30(22(3)16-20)33-28(35)19-37-31(36)29-24-11-7-8-12-26(24)32-27-13-14-34(18-25(27)29)17-23-9-5-4-6-10-23/h4-12,15-16H,13-14,17-19H2,1-3H3,(H,33,35). The van der Waals surface area contributed by atoms with Crippen LogP contribution in [0.4, 0.5) is 5.69 Å². The van der Waals surface area contributed by atoms with Gasteiger partial charge >= 0.3 is 5.97 Å². The summed E-state index contributed by atoms with van der Waals surface area (Å²) in [5.74, 6) is -0.856. The molecule has 1 aliphatic rings. The summed E-state index contributed by atoms with van der Waals surface area (Å²) >= 11 is 0. The molecule has 188 valence electrons. The summed E-state index contributed by atoms with van der Waals surface area (Å²) < 4.78 is 5.60. The minimum Gasteiger partial charge on any atom is -0.452 e. The van der Waals surface area contributed by atoms with Gasteiger partial charge in [0.2, 0.25) is 0 Å². The van der Waals surface area contributed by atoms with Gasteiger partial charge in [-0.3, -0.25) is 14.7 Å². The van der Waals surface area contributed by atoms with Gasteiger partial charge in [0.05, 0.1) is 11.1 Å². The highest BCUT2D eigenvalue weighted by atomic mass is 16.5. The van der Waals surface area contributed by atoms with Crippen LogP contribution in [0.25, 0.3) is 10.9 Å². The molecule has 2 heterocycles. The van der Waals surface area contributed by atoms with Gasteiger partial charge in [0.25, 0.3) is 5.91 Å². The van der Waals surface area contributed by atoms with Crippen molar-refractivity contribution in [3.05, 3.63) is 106 Å². The van der Waals surface area contributed by atoms with Crippen molar-refractivity contribution in [3.63, 3.8) is 0 Å². The lowest BCUT2D eigenvalue weighted by Gasteiger charge is -2.30. The van der Waals surface area contributed by atoms with Crippen LogP contribution in [0.5, 0.6) is 0 Å². The number of carbonyl (C=O) groups is 2. The molecule has 0 radical (unpaired) electrons. The highest BCUT2D eigenvalue weighted by molar-refractivity contribution is 6.06. The minimum absolute atomic E-state index is 0.356. The first-order chi connectivity index (χ1) is 17.9. The first-order valence-corrected chi connectivity index (χ1v) is 12.6. The van der Waals surface area contributed by atoms with Crippen molar-refractivity contribution >= 4 is 28.5 Å². The van der Waals surface area contributed by atoms with Crippen LogP contribution in [0.1, 0.15) is 43.9 Å². The minimum atomic E-state index is -0.496. The number of aryl methyl sites for hydroxylation is 3. The second-order valence-electron chi connectivity index (χ2n) is 9.77. The smallest absolute Gasteiger partial charge is 0.339 e. The number of aromatic nitrogens is 1. The molecule has 1 amide bonds. The second kappa shape index (κ2) is 10.5. The highest BCUT2D eigenvalue weighted by Crippen LogP contribution is 2.29. The summed E-state index contributed by atoms with van der Waals surface area (Å²) in [6, 6.07) is 22.0. The Labute approximate surface area is 217 Å². The van der Waals surface area contributed by atoms with Crippen LogP contribution in [0, 0.1) is 20.8 Å². The average Bonchev–Trinajstić information content (AvgIpc) is 2.88. The summed E-state index contributed by atoms with van der Waals surface area (Å²) in [6.45, 7) is 7.83. The number of fused-ring (bicyclic) bond motifs is 2. The van der Waals surface area contributed by atoms with E-state index < -0.39 is 5.97 Å². The van der Waals surface area contributed by atoms with Gasteiger partial charge in [-0.05, 0) is 43.5 Å². The van der Waals surface area contributed by atoms with Gasteiger partial charge in [-0.15, -0.1) is 0 Å². The van der Waals surface area contributed by atoms with Crippen molar-refractivity contribution in [1.82, 2.24) is 9.88 Å². The molecule has 0 bridgehead atoms. The van der Waals surface area contributed by atoms with Crippen molar-refractivity contribution in [1.29, 1.82) is 0 Å². The van der Waals surface area contributed by atoms with Crippen molar-refractivity contribution in [2.24, 2.45) is 0 Å². The van der Waals surface area contributed by atoms with E-state index in [-0.39, 0.29) is 12.5 Å². The monoisotopic (exact) mass is 493 g/mol. The van der Waals surface area contributed by atoms with Gasteiger partial charge in [0, 0.05) is 48.4 Å². The first-order valence-electron chi connectivity index (χ1n) is 12.6. The molecule has 5 rings (SSSR count). The van der Waals surface area contributed by atoms with Crippen LogP contribution < -0.4 is 5.32 Å². The third-order valence-electron chi connectivity index (χ3n) is 6.85. The molecular weight excluding hydrogens is 462 g/mol. The fourth-order valence-corrected chi connectivity index (χ4v) is 5.21. The van der Waals surface area contributed by atoms with E-state index in [0.29, 0.717) is 12.1 Å². The van der Waals surface area contributed by atoms with Crippen LogP contribution >= 0.6 is 0 Å². The molecule has 6 heteroatoms. The van der Waals surface area contributed by atoms with Gasteiger partial charge in [0.1, 0.15) is 0 Å². The quantitative estimate of drug-likeness (QED) is 0.359. The van der Waals surface area contributed by atoms with Gasteiger partial charge in [0.15, 0.2) is 6.61 Å². The van der Waals surface area contributed by atoms with Gasteiger partial charge in [-0.1, -0.05) is 66.2 Å². The van der Waals surface area contributed by atoms with E-state index in [4.69, 9.17) is 9.72 Å². The predicted octanol–water partition coefficient (Wildman–Crippen LogP) is 5.51. The molecule has 37 heavy (non-hydrogen) atoms. The lowest BCUT2D eigenvalue weighted by molar-refractivity contribution is -0.119. The summed E-state index contributed by atoms with van der Waals surface area (Å²) in [5, 5.41) is 3.66. The number of benzene rings is 3. The summed E-state index contributed by atoms with van der Waals surface area (Å²) in [4.78, 5) is 33.4. The zero-order valence-electron chi connectivity index (χ0n) is 21.5. The maximum atomic E-state index is 13.5. The molecule has 0 saturated heterocycles. The highest BCUT2D eigenvalue weighted by Gasteiger charge is 2.27. The second-order valence-corrected chi connectivity index (χ2v) is 9.77. The van der Waals surface area contributed by atoms with Gasteiger partial charge in [-0.25, -0.2) is 4.79 Å². The Morgan fingerprint density at radius 2 is 1.68 bits per heavy atom. The molecule has 4 aromatic rings. The van der Waals surface area contributed by atoms with Crippen LogP contribution in [0.2, 0.25) is 0 Å². The Morgan fingerprint density at radius 3 is 2.43 bits per heavy atom. The Hall–Kier alpha value is -4.03. The number of carbonyl (C=O) groups excluding carboxylic acids is 2. The third kappa shape index (κ3) is 5.39. The average molecular weight is 494 g/mol. The number of rotatable bonds is 6. The topological polar surface area (TPSA) is 71.5 Å². The van der Waals surface area contributed by atoms with E-state index in [1.807, 2.05) is 75.4 Å². The van der Waals surface area contributed by atoms with E-state index in [1.165, 1.54) is 5.56 Å². The van der Waals surface area contributed by atoms with E-state index in [0.717, 1.165) is 64.0 Å². The fraction of sp³-hybridized carbons (Fsp3) is 0.258. The number of hydrogen-bond acceptors (Lipinski definition) is 5. The molecule has 0 fully saturated rings. The Balaban J connectivity index is 1.38. The van der Waals surface area contributed by atoms with Gasteiger partial charge < -0.3 is 10.1 Å². The Morgan fingerprint density at radius 1 is 0.973 bits per heavy atom. The molecule has 0 aliphatic carbocycles. The maximum absolute atomic E-state index is 13.5. The van der Waals surface area contributed by atoms with Gasteiger partial charge in [-0.2, -0.15) is 0 Å². The number of para-hydroxylation sites is 1. The molecule has 0 spiro atoms. The molecule has 1 aromatic heterocycles. The Kier molecular flexibility index (Phi) is 7.01. The summed E-state index contributed by atoms with van der Waals surface area (Å²) in [7, 11) is 0. The molecule has 6 nitrogen and oxygen atoms in total. The number of pyridine rings is 1. The number of anilines is 1. The van der Waals surface area contributed by atoms with E-state index in [1.54, 1.807) is 0 Å². The first kappa shape index (κ1) is 24.7. The van der Waals surface area contributed by atoms with Crippen molar-refractivity contribution < 1.29 is 14.3 Å². The molecule has 1 N–H and O–H groups in total. The van der Waals surface area contributed by atoms with Crippen molar-refractivity contribution in [2.75, 3.05) is 18.5 Å². The molecular formula is C31H31N3O3. The maximum Gasteiger partial charge on any atom is 0.339 e. The van der Waals surface area contributed by atoms with E-state index in [9.17, 15) is 9.59 Å². The van der Waals surface area contributed by atoms with Crippen molar-refractivity contribution in [3.8, 4) is 0 Å². The number of nitrogens with zero attached hydrogens (tertiary/aromatic N) is 2. The van der Waals surface area contributed by atoms with E-state index in [2.05, 4.69) is 22.3 Å². The van der Waals surface area contributed by atoms with Crippen LogP contribution in [0.15, 0.2) is 66.7 Å². The van der Waals surface area contributed by atoms with Crippen LogP contribution in [0.3, 0.4) is 0 Å².